The second-order valence-corrected chi connectivity index (χ2v) is 8.40. The number of aromatic amines is 2. The molecule has 0 spiro atoms. The molecule has 2 N–H and O–H groups in total. The van der Waals surface area contributed by atoms with Crippen molar-refractivity contribution in [3.8, 4) is 22.5 Å². The summed E-state index contributed by atoms with van der Waals surface area (Å²) in [6, 6.07) is 15.2. The second kappa shape index (κ2) is 6.57. The number of rotatable bonds is 3. The molecule has 0 radical (unpaired) electrons. The molecule has 0 saturated heterocycles. The number of furan rings is 1. The van der Waals surface area contributed by atoms with Gasteiger partial charge in [-0.15, -0.1) is 0 Å². The van der Waals surface area contributed by atoms with E-state index in [4.69, 9.17) is 4.42 Å². The van der Waals surface area contributed by atoms with Gasteiger partial charge >= 0.3 is 0 Å². The highest BCUT2D eigenvalue weighted by Crippen LogP contribution is 2.39. The van der Waals surface area contributed by atoms with E-state index in [0.717, 1.165) is 50.5 Å². The van der Waals surface area contributed by atoms with Crippen molar-refractivity contribution in [2.75, 3.05) is 0 Å². The molecule has 0 aliphatic rings. The van der Waals surface area contributed by atoms with Crippen molar-refractivity contribution in [3.63, 3.8) is 0 Å². The van der Waals surface area contributed by atoms with E-state index in [1.165, 1.54) is 16.2 Å². The van der Waals surface area contributed by atoms with Gasteiger partial charge in [0.05, 0.1) is 30.0 Å². The van der Waals surface area contributed by atoms with Gasteiger partial charge in [-0.25, -0.2) is 9.97 Å². The monoisotopic (exact) mass is 406 g/mol. The van der Waals surface area contributed by atoms with Crippen LogP contribution in [-0.4, -0.2) is 19.9 Å². The summed E-state index contributed by atoms with van der Waals surface area (Å²) in [6.45, 7) is 6.25. The summed E-state index contributed by atoms with van der Waals surface area (Å²) in [5, 5.41) is 5.79. The Morgan fingerprint density at radius 3 is 2.10 bits per heavy atom. The Morgan fingerprint density at radius 1 is 0.742 bits per heavy atom. The van der Waals surface area contributed by atoms with Gasteiger partial charge in [0.1, 0.15) is 17.2 Å². The van der Waals surface area contributed by atoms with Crippen LogP contribution in [0, 0.1) is 6.92 Å². The third-order valence-electron chi connectivity index (χ3n) is 6.00. The molecule has 152 valence electrons. The molecule has 3 heterocycles. The molecule has 0 fully saturated rings. The molecule has 6 aromatic rings. The Hall–Kier alpha value is -3.86. The Morgan fingerprint density at radius 2 is 1.42 bits per heavy atom. The van der Waals surface area contributed by atoms with Gasteiger partial charge in [-0.05, 0) is 41.3 Å². The maximum absolute atomic E-state index is 5.97. The molecule has 5 heteroatoms. The number of aromatic nitrogens is 4. The molecule has 0 saturated carbocycles. The fourth-order valence-corrected chi connectivity index (χ4v) is 4.38. The maximum Gasteiger partial charge on any atom is 0.142 e. The van der Waals surface area contributed by atoms with E-state index in [2.05, 4.69) is 76.2 Å². The SMILES string of the molecule is Cc1ncc(-c2ccc3c4ccc(-c5cnc(C(C)C)[nH]5)cc4c4ccoc4c3c2)[nH]1. The summed E-state index contributed by atoms with van der Waals surface area (Å²) in [4.78, 5) is 15.6. The first kappa shape index (κ1) is 18.0. The minimum absolute atomic E-state index is 0.367. The number of imidazole rings is 2. The zero-order chi connectivity index (χ0) is 21.1. The van der Waals surface area contributed by atoms with Crippen LogP contribution in [0.25, 0.3) is 55.0 Å². The number of fused-ring (bicyclic) bond motifs is 6. The van der Waals surface area contributed by atoms with Crippen LogP contribution < -0.4 is 0 Å². The molecule has 0 atom stereocenters. The third kappa shape index (κ3) is 2.77. The van der Waals surface area contributed by atoms with Crippen molar-refractivity contribution in [2.45, 2.75) is 26.7 Å². The van der Waals surface area contributed by atoms with Gasteiger partial charge < -0.3 is 14.4 Å². The summed E-state index contributed by atoms with van der Waals surface area (Å²) in [6.07, 6.45) is 5.57. The smallest absolute Gasteiger partial charge is 0.142 e. The minimum atomic E-state index is 0.367. The van der Waals surface area contributed by atoms with Gasteiger partial charge in [0, 0.05) is 27.8 Å². The van der Waals surface area contributed by atoms with Crippen LogP contribution in [0.1, 0.15) is 31.4 Å². The lowest BCUT2D eigenvalue weighted by Crippen LogP contribution is -1.89. The topological polar surface area (TPSA) is 70.5 Å². The Bertz CT molecular complexity index is 1580. The summed E-state index contributed by atoms with van der Waals surface area (Å²) in [7, 11) is 0. The van der Waals surface area contributed by atoms with Crippen LogP contribution in [0.4, 0.5) is 0 Å². The third-order valence-corrected chi connectivity index (χ3v) is 6.00. The number of hydrogen-bond donors (Lipinski definition) is 2. The number of benzene rings is 3. The summed E-state index contributed by atoms with van der Waals surface area (Å²) in [5.41, 5.74) is 5.17. The standard InChI is InChI=1S/C26H22N4O/c1-14(2)26-28-13-24(30-26)16-4-6-18-19-7-5-17(23-12-27-15(3)29-23)11-22(19)25-20(8-9-31-25)21(18)10-16/h4-14H,1-3H3,(H,27,29)(H,28,30). The van der Waals surface area contributed by atoms with Crippen LogP contribution in [0.5, 0.6) is 0 Å². The molecular weight excluding hydrogens is 384 g/mol. The molecular formula is C26H22N4O. The highest BCUT2D eigenvalue weighted by Gasteiger charge is 2.14. The molecule has 0 bridgehead atoms. The van der Waals surface area contributed by atoms with Gasteiger partial charge in [-0.1, -0.05) is 38.1 Å². The van der Waals surface area contributed by atoms with Crippen LogP contribution in [-0.2, 0) is 0 Å². The lowest BCUT2D eigenvalue weighted by molar-refractivity contribution is 0.619. The zero-order valence-corrected chi connectivity index (χ0v) is 17.7. The number of hydrogen-bond acceptors (Lipinski definition) is 3. The van der Waals surface area contributed by atoms with Crippen molar-refractivity contribution in [2.24, 2.45) is 0 Å². The van der Waals surface area contributed by atoms with Crippen molar-refractivity contribution in [1.29, 1.82) is 0 Å². The first-order valence-corrected chi connectivity index (χ1v) is 10.5. The summed E-state index contributed by atoms with van der Waals surface area (Å²) >= 11 is 0. The molecule has 3 aromatic heterocycles. The molecule has 6 rings (SSSR count). The van der Waals surface area contributed by atoms with E-state index in [-0.39, 0.29) is 0 Å². The van der Waals surface area contributed by atoms with Gasteiger partial charge in [-0.2, -0.15) is 0 Å². The van der Waals surface area contributed by atoms with Crippen molar-refractivity contribution >= 4 is 32.5 Å². The predicted octanol–water partition coefficient (Wildman–Crippen LogP) is 6.95. The van der Waals surface area contributed by atoms with E-state index >= 15 is 0 Å². The average Bonchev–Trinajstić information content (AvgIpc) is 3.53. The van der Waals surface area contributed by atoms with E-state index in [0.29, 0.717) is 5.92 Å². The van der Waals surface area contributed by atoms with Crippen LogP contribution in [0.15, 0.2) is 65.5 Å². The predicted molar refractivity (Wildman–Crippen MR) is 125 cm³/mol. The quantitative estimate of drug-likeness (QED) is 0.312. The number of aryl methyl sites for hydroxylation is 1. The Balaban J connectivity index is 1.60. The highest BCUT2D eigenvalue weighted by molar-refractivity contribution is 6.24. The van der Waals surface area contributed by atoms with E-state index in [1.807, 2.05) is 19.3 Å². The van der Waals surface area contributed by atoms with Crippen molar-refractivity contribution in [1.82, 2.24) is 19.9 Å². The minimum Gasteiger partial charge on any atom is -0.464 e. The number of H-pyrrole nitrogens is 2. The van der Waals surface area contributed by atoms with E-state index < -0.39 is 0 Å². The normalized spacial score (nSPS) is 12.0. The molecule has 0 aliphatic heterocycles. The highest BCUT2D eigenvalue weighted by atomic mass is 16.3. The molecule has 0 aliphatic carbocycles. The first-order chi connectivity index (χ1) is 15.1. The molecule has 0 unspecified atom stereocenters. The van der Waals surface area contributed by atoms with Gasteiger partial charge in [-0.3, -0.25) is 0 Å². The van der Waals surface area contributed by atoms with E-state index in [9.17, 15) is 0 Å². The molecule has 3 aromatic carbocycles. The van der Waals surface area contributed by atoms with Crippen LogP contribution in [0.3, 0.4) is 0 Å². The van der Waals surface area contributed by atoms with Crippen molar-refractivity contribution < 1.29 is 4.42 Å². The second-order valence-electron chi connectivity index (χ2n) is 8.40. The maximum atomic E-state index is 5.97. The molecule has 5 nitrogen and oxygen atoms in total. The molecule has 0 amide bonds. The van der Waals surface area contributed by atoms with Crippen LogP contribution in [0.2, 0.25) is 0 Å². The lowest BCUT2D eigenvalue weighted by atomic mass is 9.95. The number of nitrogens with one attached hydrogen (secondary N) is 2. The van der Waals surface area contributed by atoms with Gasteiger partial charge in [0.15, 0.2) is 0 Å². The largest absolute Gasteiger partial charge is 0.464 e. The Kier molecular flexibility index (Phi) is 3.81. The fourth-order valence-electron chi connectivity index (χ4n) is 4.38. The lowest BCUT2D eigenvalue weighted by Gasteiger charge is -2.09. The molecule has 31 heavy (non-hydrogen) atoms. The van der Waals surface area contributed by atoms with Gasteiger partial charge in [0.25, 0.3) is 0 Å². The summed E-state index contributed by atoms with van der Waals surface area (Å²) in [5.74, 6) is 2.28. The van der Waals surface area contributed by atoms with Crippen LogP contribution >= 0.6 is 0 Å². The Labute approximate surface area is 179 Å². The average molecular weight is 406 g/mol. The van der Waals surface area contributed by atoms with Gasteiger partial charge in [0.2, 0.25) is 0 Å². The summed E-state index contributed by atoms with van der Waals surface area (Å²) < 4.78 is 5.97. The first-order valence-electron chi connectivity index (χ1n) is 10.5. The fraction of sp³-hybridized carbons (Fsp3) is 0.154. The van der Waals surface area contributed by atoms with Crippen molar-refractivity contribution in [3.05, 3.63) is 72.8 Å². The number of nitrogens with zero attached hydrogens (tertiary/aromatic N) is 2. The zero-order valence-electron chi connectivity index (χ0n) is 17.7. The van der Waals surface area contributed by atoms with E-state index in [1.54, 1.807) is 6.26 Å².